The predicted molar refractivity (Wildman–Crippen MR) is 95.7 cm³/mol. The Bertz CT molecular complexity index is 1140. The summed E-state index contributed by atoms with van der Waals surface area (Å²) in [5, 5.41) is 11.5. The number of aryl methyl sites for hydroxylation is 1. The van der Waals surface area contributed by atoms with Gasteiger partial charge in [-0.25, -0.2) is 18.8 Å². The molecule has 1 aliphatic rings. The summed E-state index contributed by atoms with van der Waals surface area (Å²) in [6.07, 6.45) is 7.52. The van der Waals surface area contributed by atoms with Crippen LogP contribution in [0, 0.1) is 12.7 Å². The van der Waals surface area contributed by atoms with E-state index in [1.54, 1.807) is 29.3 Å². The molecule has 0 fully saturated rings. The van der Waals surface area contributed by atoms with Gasteiger partial charge < -0.3 is 14.6 Å². The largest absolute Gasteiger partial charge is 0.488 e. The second-order valence-electron chi connectivity index (χ2n) is 6.49. The van der Waals surface area contributed by atoms with Crippen molar-refractivity contribution in [2.45, 2.75) is 19.4 Å². The molecule has 1 atom stereocenters. The second-order valence-corrected chi connectivity index (χ2v) is 6.49. The quantitative estimate of drug-likeness (QED) is 0.597. The van der Waals surface area contributed by atoms with Crippen LogP contribution in [-0.4, -0.2) is 41.8 Å². The van der Waals surface area contributed by atoms with Crippen LogP contribution in [0.2, 0.25) is 0 Å². The molecule has 0 spiro atoms. The Balaban J connectivity index is 1.37. The monoisotopic (exact) mass is 365 g/mol. The number of nitrogens with one attached hydrogen (secondary N) is 1. The molecule has 0 bridgehead atoms. The first-order valence-corrected chi connectivity index (χ1v) is 8.56. The summed E-state index contributed by atoms with van der Waals surface area (Å²) in [5.74, 6) is 1.10. The van der Waals surface area contributed by atoms with Crippen molar-refractivity contribution in [2.24, 2.45) is 0 Å². The van der Waals surface area contributed by atoms with Crippen LogP contribution in [0.1, 0.15) is 11.3 Å². The Kier molecular flexibility index (Phi) is 3.52. The lowest BCUT2D eigenvalue weighted by Gasteiger charge is -2.14. The summed E-state index contributed by atoms with van der Waals surface area (Å²) >= 11 is 0. The average molecular weight is 365 g/mol. The van der Waals surface area contributed by atoms with E-state index in [1.807, 2.05) is 17.7 Å². The van der Waals surface area contributed by atoms with Gasteiger partial charge >= 0.3 is 0 Å². The van der Waals surface area contributed by atoms with Crippen molar-refractivity contribution in [2.75, 3.05) is 11.9 Å². The van der Waals surface area contributed by atoms with Gasteiger partial charge in [-0.2, -0.15) is 0 Å². The molecule has 9 heteroatoms. The van der Waals surface area contributed by atoms with Crippen molar-refractivity contribution >= 4 is 11.6 Å². The van der Waals surface area contributed by atoms with Gasteiger partial charge in [0.15, 0.2) is 5.65 Å². The minimum Gasteiger partial charge on any atom is -0.488 e. The molecule has 136 valence electrons. The summed E-state index contributed by atoms with van der Waals surface area (Å²) in [6.45, 7) is 2.45. The topological polar surface area (TPSA) is 82.2 Å². The number of fused-ring (bicyclic) bond motifs is 2. The first kappa shape index (κ1) is 15.7. The first-order valence-electron chi connectivity index (χ1n) is 8.56. The Labute approximate surface area is 153 Å². The molecular formula is C18H16FN7O. The number of halogens is 1. The molecule has 4 aromatic rings. The third-order valence-electron chi connectivity index (χ3n) is 4.56. The number of imidazole rings is 1. The van der Waals surface area contributed by atoms with E-state index in [0.717, 1.165) is 22.7 Å². The minimum atomic E-state index is -0.246. The molecular weight excluding hydrogens is 349 g/mol. The number of hydrogen-bond acceptors (Lipinski definition) is 6. The van der Waals surface area contributed by atoms with Crippen molar-refractivity contribution in [1.82, 2.24) is 29.1 Å². The normalized spacial score (nSPS) is 15.7. The zero-order chi connectivity index (χ0) is 18.4. The number of rotatable bonds is 4. The maximum Gasteiger partial charge on any atom is 0.210 e. The number of anilines is 1. The van der Waals surface area contributed by atoms with Crippen LogP contribution in [0.5, 0.6) is 5.75 Å². The average Bonchev–Trinajstić information content (AvgIpc) is 3.38. The van der Waals surface area contributed by atoms with Crippen molar-refractivity contribution < 1.29 is 9.13 Å². The highest BCUT2D eigenvalue weighted by Gasteiger charge is 2.23. The Hall–Kier alpha value is -3.49. The smallest absolute Gasteiger partial charge is 0.210 e. The van der Waals surface area contributed by atoms with Gasteiger partial charge in [0.2, 0.25) is 5.95 Å². The Morgan fingerprint density at radius 2 is 2.22 bits per heavy atom. The molecule has 27 heavy (non-hydrogen) atoms. The molecule has 8 nitrogen and oxygen atoms in total. The fourth-order valence-corrected chi connectivity index (χ4v) is 3.28. The molecule has 1 aliphatic heterocycles. The molecule has 0 saturated carbocycles. The molecule has 1 N–H and O–H groups in total. The maximum absolute atomic E-state index is 13.4. The van der Waals surface area contributed by atoms with Gasteiger partial charge in [-0.15, -0.1) is 10.2 Å². The molecule has 5 rings (SSSR count). The van der Waals surface area contributed by atoms with Crippen LogP contribution in [0.3, 0.4) is 0 Å². The SMILES string of the molecule is Cc1cn(-c2cnc(NCC3Cc4cc(F)ccc4O3)n3cnnc23)cn1. The van der Waals surface area contributed by atoms with E-state index in [9.17, 15) is 4.39 Å². The number of nitrogens with zero attached hydrogens (tertiary/aromatic N) is 6. The predicted octanol–water partition coefficient (Wildman–Crippen LogP) is 2.17. The highest BCUT2D eigenvalue weighted by molar-refractivity contribution is 5.60. The standard InChI is InChI=1S/C18H16FN7O/c1-11-8-25(9-22-11)15-7-21-18(26-10-23-24-17(15)26)20-6-14-5-12-4-13(19)2-3-16(12)27-14/h2-4,7-10,14H,5-6H2,1H3,(H,20,21). The lowest BCUT2D eigenvalue weighted by molar-refractivity contribution is 0.246. The van der Waals surface area contributed by atoms with Gasteiger partial charge in [0.25, 0.3) is 0 Å². The molecule has 0 aliphatic carbocycles. The highest BCUT2D eigenvalue weighted by Crippen LogP contribution is 2.29. The van der Waals surface area contributed by atoms with Gasteiger partial charge in [0.1, 0.15) is 29.7 Å². The molecule has 4 heterocycles. The third kappa shape index (κ3) is 2.77. The van der Waals surface area contributed by atoms with Crippen LogP contribution < -0.4 is 10.1 Å². The van der Waals surface area contributed by atoms with E-state index in [4.69, 9.17) is 4.74 Å². The summed E-state index contributed by atoms with van der Waals surface area (Å²) in [5.41, 5.74) is 3.25. The van der Waals surface area contributed by atoms with Gasteiger partial charge in [-0.3, -0.25) is 0 Å². The van der Waals surface area contributed by atoms with Crippen LogP contribution in [-0.2, 0) is 6.42 Å². The van der Waals surface area contributed by atoms with Crippen molar-refractivity contribution in [3.8, 4) is 11.4 Å². The highest BCUT2D eigenvalue weighted by atomic mass is 19.1. The fourth-order valence-electron chi connectivity index (χ4n) is 3.28. The molecule has 0 radical (unpaired) electrons. The molecule has 3 aromatic heterocycles. The fraction of sp³-hybridized carbons (Fsp3) is 0.222. The molecule has 1 aromatic carbocycles. The number of benzene rings is 1. The number of hydrogen-bond donors (Lipinski definition) is 1. The Morgan fingerprint density at radius 3 is 3.07 bits per heavy atom. The summed E-state index contributed by atoms with van der Waals surface area (Å²) in [7, 11) is 0. The summed E-state index contributed by atoms with van der Waals surface area (Å²) in [6, 6.07) is 4.60. The molecule has 0 amide bonds. The first-order chi connectivity index (χ1) is 13.2. The van der Waals surface area contributed by atoms with E-state index in [0.29, 0.717) is 24.6 Å². The van der Waals surface area contributed by atoms with Gasteiger partial charge in [0.05, 0.1) is 24.8 Å². The van der Waals surface area contributed by atoms with E-state index in [1.165, 1.54) is 12.1 Å². The zero-order valence-electron chi connectivity index (χ0n) is 14.5. The molecule has 0 saturated heterocycles. The van der Waals surface area contributed by atoms with Crippen LogP contribution in [0.25, 0.3) is 11.3 Å². The van der Waals surface area contributed by atoms with Crippen molar-refractivity contribution in [3.05, 3.63) is 60.3 Å². The van der Waals surface area contributed by atoms with Gasteiger partial charge in [0, 0.05) is 18.2 Å². The zero-order valence-corrected chi connectivity index (χ0v) is 14.5. The van der Waals surface area contributed by atoms with E-state index in [-0.39, 0.29) is 11.9 Å². The summed E-state index contributed by atoms with van der Waals surface area (Å²) < 4.78 is 22.9. The molecule has 1 unspecified atom stereocenters. The maximum atomic E-state index is 13.4. The minimum absolute atomic E-state index is 0.0916. The van der Waals surface area contributed by atoms with E-state index in [2.05, 4.69) is 25.5 Å². The Morgan fingerprint density at radius 1 is 1.30 bits per heavy atom. The van der Waals surface area contributed by atoms with Crippen molar-refractivity contribution in [1.29, 1.82) is 0 Å². The number of aromatic nitrogens is 6. The van der Waals surface area contributed by atoms with Crippen LogP contribution in [0.15, 0.2) is 43.2 Å². The van der Waals surface area contributed by atoms with Crippen molar-refractivity contribution in [3.63, 3.8) is 0 Å². The van der Waals surface area contributed by atoms with Gasteiger partial charge in [-0.05, 0) is 25.1 Å². The summed E-state index contributed by atoms with van der Waals surface area (Å²) in [4.78, 5) is 8.74. The van der Waals surface area contributed by atoms with Gasteiger partial charge in [-0.1, -0.05) is 0 Å². The lowest BCUT2D eigenvalue weighted by atomic mass is 10.1. The second kappa shape index (κ2) is 6.04. The lowest BCUT2D eigenvalue weighted by Crippen LogP contribution is -2.25. The number of ether oxygens (including phenoxy) is 1. The van der Waals surface area contributed by atoms with Crippen LogP contribution >= 0.6 is 0 Å². The van der Waals surface area contributed by atoms with Crippen LogP contribution in [0.4, 0.5) is 10.3 Å². The third-order valence-corrected chi connectivity index (χ3v) is 4.56. The van der Waals surface area contributed by atoms with E-state index < -0.39 is 0 Å². The van der Waals surface area contributed by atoms with E-state index >= 15 is 0 Å².